The van der Waals surface area contributed by atoms with E-state index in [-0.39, 0.29) is 10.7 Å². The number of ether oxygens (including phenoxy) is 1. The Labute approximate surface area is 158 Å². The molecule has 2 heterocycles. The van der Waals surface area contributed by atoms with Gasteiger partial charge in [-0.1, -0.05) is 0 Å². The lowest BCUT2D eigenvalue weighted by Gasteiger charge is -2.33. The first-order valence-corrected chi connectivity index (χ1v) is 8.45. The highest BCUT2D eigenvalue weighted by atomic mass is 32.1. The average molecular weight is 429 g/mol. The van der Waals surface area contributed by atoms with Crippen molar-refractivity contribution in [2.24, 2.45) is 0 Å². The average Bonchev–Trinajstić information content (AvgIpc) is 3.17. The molecule has 2 unspecified atom stereocenters. The fourth-order valence-corrected chi connectivity index (χ4v) is 3.47. The molecule has 1 aliphatic heterocycles. The van der Waals surface area contributed by atoms with Gasteiger partial charge in [0.25, 0.3) is 5.72 Å². The van der Waals surface area contributed by atoms with Crippen molar-refractivity contribution in [3.05, 3.63) is 29.6 Å². The summed E-state index contributed by atoms with van der Waals surface area (Å²) < 4.78 is 84.3. The second-order valence-corrected chi connectivity index (χ2v) is 6.88. The van der Waals surface area contributed by atoms with Gasteiger partial charge >= 0.3 is 12.4 Å². The summed E-state index contributed by atoms with van der Waals surface area (Å²) in [4.78, 5) is 3.88. The first-order chi connectivity index (χ1) is 12.8. The van der Waals surface area contributed by atoms with Crippen LogP contribution in [0, 0.1) is 0 Å². The van der Waals surface area contributed by atoms with Gasteiger partial charge in [0.15, 0.2) is 0 Å². The molecule has 6 nitrogen and oxygen atoms in total. The van der Waals surface area contributed by atoms with E-state index in [1.165, 1.54) is 17.9 Å². The number of anilines is 1. The number of benzene rings is 1. The summed E-state index contributed by atoms with van der Waals surface area (Å²) in [6.45, 7) is 0. The van der Waals surface area contributed by atoms with Crippen LogP contribution in [0.3, 0.4) is 0 Å². The summed E-state index contributed by atoms with van der Waals surface area (Å²) in [6.07, 6.45) is -13.1. The highest BCUT2D eigenvalue weighted by Crippen LogP contribution is 2.49. The van der Waals surface area contributed by atoms with Crippen LogP contribution < -0.4 is 15.2 Å². The maximum atomic E-state index is 13.4. The van der Waals surface area contributed by atoms with E-state index in [1.807, 2.05) is 0 Å². The lowest BCUT2D eigenvalue weighted by atomic mass is 10.0. The van der Waals surface area contributed by atoms with Gasteiger partial charge in [0, 0.05) is 10.9 Å². The fourth-order valence-electron chi connectivity index (χ4n) is 2.61. The van der Waals surface area contributed by atoms with Crippen molar-refractivity contribution in [1.29, 1.82) is 0 Å². The third-order valence-corrected chi connectivity index (χ3v) is 4.99. The smallest absolute Gasteiger partial charge is 0.438 e. The number of nitrogens with one attached hydrogen (secondary N) is 1. The van der Waals surface area contributed by atoms with Crippen LogP contribution in [-0.2, 0) is 0 Å². The summed E-state index contributed by atoms with van der Waals surface area (Å²) in [5, 5.41) is 20.2. The Balaban J connectivity index is 1.99. The van der Waals surface area contributed by atoms with Crippen molar-refractivity contribution in [3.63, 3.8) is 0 Å². The van der Waals surface area contributed by atoms with E-state index in [2.05, 4.69) is 4.98 Å². The van der Waals surface area contributed by atoms with E-state index in [0.717, 1.165) is 0 Å². The number of aromatic nitrogens is 1. The molecule has 13 heteroatoms. The zero-order valence-corrected chi connectivity index (χ0v) is 14.8. The van der Waals surface area contributed by atoms with Crippen molar-refractivity contribution in [2.45, 2.75) is 30.2 Å². The van der Waals surface area contributed by atoms with E-state index < -0.39 is 35.4 Å². The molecule has 0 saturated carbocycles. The number of halogens is 6. The second-order valence-electron chi connectivity index (χ2n) is 6.04. The second kappa shape index (κ2) is 6.47. The van der Waals surface area contributed by atoms with Gasteiger partial charge in [-0.15, -0.1) is 11.3 Å². The SMILES string of the molecule is COc1ccc(-c2csc(N3NC(O)(C(F)(F)F)CC3(O)C(F)(F)F)n2)cc1. The van der Waals surface area contributed by atoms with Gasteiger partial charge in [0.2, 0.25) is 10.9 Å². The van der Waals surface area contributed by atoms with E-state index in [0.29, 0.717) is 22.6 Å². The molecule has 0 spiro atoms. The first kappa shape index (κ1) is 20.6. The molecule has 1 aliphatic rings. The van der Waals surface area contributed by atoms with Crippen LogP contribution in [0.25, 0.3) is 11.3 Å². The Bertz CT molecular complexity index is 856. The quantitative estimate of drug-likeness (QED) is 0.652. The maximum Gasteiger partial charge on any atom is 0.438 e. The summed E-state index contributed by atoms with van der Waals surface area (Å²) in [5.41, 5.74) is -6.05. The number of thiazole rings is 1. The molecule has 1 aromatic heterocycles. The first-order valence-electron chi connectivity index (χ1n) is 7.57. The predicted octanol–water partition coefficient (Wildman–Crippen LogP) is 3.04. The fraction of sp³-hybridized carbons (Fsp3) is 0.400. The van der Waals surface area contributed by atoms with Gasteiger partial charge in [-0.25, -0.2) is 9.99 Å². The molecule has 1 fully saturated rings. The third kappa shape index (κ3) is 3.27. The van der Waals surface area contributed by atoms with Crippen molar-refractivity contribution in [2.75, 3.05) is 12.1 Å². The van der Waals surface area contributed by atoms with Crippen molar-refractivity contribution in [1.82, 2.24) is 10.4 Å². The van der Waals surface area contributed by atoms with E-state index >= 15 is 0 Å². The van der Waals surface area contributed by atoms with Gasteiger partial charge in [0.05, 0.1) is 19.2 Å². The normalized spacial score (nSPS) is 26.0. The number of nitrogens with zero attached hydrogens (tertiary/aromatic N) is 2. The predicted molar refractivity (Wildman–Crippen MR) is 86.3 cm³/mol. The summed E-state index contributed by atoms with van der Waals surface area (Å²) in [6, 6.07) is 6.24. The number of hydrogen-bond donors (Lipinski definition) is 3. The Hall–Kier alpha value is -2.09. The van der Waals surface area contributed by atoms with Crippen molar-refractivity contribution in [3.8, 4) is 17.0 Å². The van der Waals surface area contributed by atoms with Crippen LogP contribution in [-0.4, -0.2) is 46.1 Å². The van der Waals surface area contributed by atoms with E-state index in [4.69, 9.17) is 4.74 Å². The molecule has 154 valence electrons. The standard InChI is InChI=1S/C15H13F6N3O3S/c1-27-9-4-2-8(3-5-9)10-6-28-11(22-10)24-13(26,15(19,20)21)7-12(25,23-24)14(16,17)18/h2-6,23,25-26H,7H2,1H3. The minimum atomic E-state index is -5.51. The lowest BCUT2D eigenvalue weighted by molar-refractivity contribution is -0.291. The van der Waals surface area contributed by atoms with Crippen molar-refractivity contribution < 1.29 is 41.3 Å². The summed E-state index contributed by atoms with van der Waals surface area (Å²) >= 11 is 0.564. The molecule has 2 atom stereocenters. The Morgan fingerprint density at radius 2 is 1.71 bits per heavy atom. The molecule has 0 radical (unpaired) electrons. The van der Waals surface area contributed by atoms with Crippen LogP contribution in [0.5, 0.6) is 5.75 Å². The maximum absolute atomic E-state index is 13.4. The molecule has 28 heavy (non-hydrogen) atoms. The number of hydrazine groups is 1. The van der Waals surface area contributed by atoms with Gasteiger partial charge in [-0.3, -0.25) is 0 Å². The number of alkyl halides is 6. The highest BCUT2D eigenvalue weighted by Gasteiger charge is 2.73. The minimum absolute atomic E-state index is 0.163. The van der Waals surface area contributed by atoms with E-state index in [9.17, 15) is 36.6 Å². The van der Waals surface area contributed by atoms with E-state index in [1.54, 1.807) is 24.3 Å². The number of aliphatic hydroxyl groups is 2. The molecule has 1 saturated heterocycles. The largest absolute Gasteiger partial charge is 0.497 e. The van der Waals surface area contributed by atoms with Crippen LogP contribution in [0.15, 0.2) is 29.6 Å². The molecular weight excluding hydrogens is 416 g/mol. The molecular formula is C15H13F6N3O3S. The Morgan fingerprint density at radius 1 is 1.11 bits per heavy atom. The van der Waals surface area contributed by atoms with Gasteiger partial charge < -0.3 is 14.9 Å². The zero-order chi connectivity index (χ0) is 21.0. The monoisotopic (exact) mass is 429 g/mol. The highest BCUT2D eigenvalue weighted by molar-refractivity contribution is 7.14. The van der Waals surface area contributed by atoms with Gasteiger partial charge in [-0.05, 0) is 24.3 Å². The Morgan fingerprint density at radius 3 is 2.21 bits per heavy atom. The number of hydrogen-bond acceptors (Lipinski definition) is 7. The van der Waals surface area contributed by atoms with Crippen LogP contribution in [0.1, 0.15) is 6.42 Å². The number of rotatable bonds is 3. The lowest BCUT2D eigenvalue weighted by Crippen LogP contribution is -2.59. The third-order valence-electron chi connectivity index (χ3n) is 4.16. The van der Waals surface area contributed by atoms with Gasteiger partial charge in [-0.2, -0.15) is 31.8 Å². The van der Waals surface area contributed by atoms with Crippen molar-refractivity contribution >= 4 is 16.5 Å². The molecule has 1 aromatic carbocycles. The molecule has 0 aliphatic carbocycles. The van der Waals surface area contributed by atoms with Crippen LogP contribution >= 0.6 is 11.3 Å². The molecule has 3 N–H and O–H groups in total. The topological polar surface area (TPSA) is 77.9 Å². The molecule has 2 aromatic rings. The zero-order valence-electron chi connectivity index (χ0n) is 14.0. The van der Waals surface area contributed by atoms with Crippen LogP contribution in [0.4, 0.5) is 31.5 Å². The summed E-state index contributed by atoms with van der Waals surface area (Å²) in [7, 11) is 1.44. The number of methoxy groups -OCH3 is 1. The Kier molecular flexibility index (Phi) is 4.77. The molecule has 3 rings (SSSR count). The van der Waals surface area contributed by atoms with Gasteiger partial charge in [0.1, 0.15) is 5.75 Å². The minimum Gasteiger partial charge on any atom is -0.497 e. The summed E-state index contributed by atoms with van der Waals surface area (Å²) in [5.74, 6) is 0.516. The molecule has 0 bridgehead atoms. The molecule has 0 amide bonds. The van der Waals surface area contributed by atoms with Crippen LogP contribution in [0.2, 0.25) is 0 Å².